The normalized spacial score (nSPS) is 11.3. The van der Waals surface area contributed by atoms with Gasteiger partial charge in [-0.25, -0.2) is 9.97 Å². The zero-order chi connectivity index (χ0) is 16.7. The number of ether oxygens (including phenoxy) is 1. The van der Waals surface area contributed by atoms with E-state index in [9.17, 15) is 4.79 Å². The molecule has 0 aliphatic rings. The number of aliphatic carboxylic acids is 1. The molecule has 0 spiro atoms. The molecule has 8 heteroatoms. The molecule has 120 valence electrons. The van der Waals surface area contributed by atoms with E-state index >= 15 is 0 Å². The Balaban J connectivity index is 2.11. The minimum Gasteiger partial charge on any atom is -0.497 e. The van der Waals surface area contributed by atoms with Crippen LogP contribution in [0.25, 0.3) is 0 Å². The number of carboxylic acid groups (broad SMARTS) is 1. The quantitative estimate of drug-likeness (QED) is 0.691. The Kier molecular flexibility index (Phi) is 5.81. The summed E-state index contributed by atoms with van der Waals surface area (Å²) in [6, 6.07) is 8.33. The first kappa shape index (κ1) is 16.6. The third kappa shape index (κ3) is 5.19. The van der Waals surface area contributed by atoms with E-state index < -0.39 is 12.0 Å². The number of nitrogens with one attached hydrogen (secondary N) is 2. The van der Waals surface area contributed by atoms with Crippen molar-refractivity contribution in [1.82, 2.24) is 15.3 Å². The van der Waals surface area contributed by atoms with Gasteiger partial charge >= 0.3 is 5.97 Å². The molecule has 0 radical (unpaired) electrons. The molecule has 3 N–H and O–H groups in total. The van der Waals surface area contributed by atoms with Gasteiger partial charge in [0.15, 0.2) is 5.11 Å². The first-order valence-corrected chi connectivity index (χ1v) is 7.19. The van der Waals surface area contributed by atoms with Crippen molar-refractivity contribution in [2.75, 3.05) is 12.4 Å². The molecule has 0 fully saturated rings. The van der Waals surface area contributed by atoms with Gasteiger partial charge in [0.2, 0.25) is 5.95 Å². The number of hydrogen-bond acceptors (Lipinski definition) is 5. The number of benzene rings is 1. The van der Waals surface area contributed by atoms with Crippen LogP contribution in [-0.4, -0.2) is 33.3 Å². The second-order valence-corrected chi connectivity index (χ2v) is 5.01. The number of rotatable bonds is 6. The molecule has 2 aromatic rings. The molecule has 1 aromatic heterocycles. The fourth-order valence-corrected chi connectivity index (χ4v) is 2.18. The van der Waals surface area contributed by atoms with Crippen LogP contribution < -0.4 is 15.4 Å². The summed E-state index contributed by atoms with van der Waals surface area (Å²) in [5.41, 5.74) is 0.755. The van der Waals surface area contributed by atoms with Crippen LogP contribution in [0.1, 0.15) is 18.0 Å². The molecule has 1 aromatic carbocycles. The van der Waals surface area contributed by atoms with E-state index in [0.29, 0.717) is 11.7 Å². The highest BCUT2D eigenvalue weighted by Crippen LogP contribution is 2.22. The van der Waals surface area contributed by atoms with E-state index in [2.05, 4.69) is 20.6 Å². The molecule has 1 atom stereocenters. The Hall–Kier alpha value is -2.74. The minimum atomic E-state index is -0.941. The predicted molar refractivity (Wildman–Crippen MR) is 89.4 cm³/mol. The number of anilines is 1. The maximum Gasteiger partial charge on any atom is 0.305 e. The number of carboxylic acids is 1. The minimum absolute atomic E-state index is 0.134. The van der Waals surface area contributed by atoms with Crippen molar-refractivity contribution < 1.29 is 14.6 Å². The molecule has 7 nitrogen and oxygen atoms in total. The molecule has 2 rings (SSSR count). The number of methoxy groups -OCH3 is 1. The average Bonchev–Trinajstić information content (AvgIpc) is 2.54. The van der Waals surface area contributed by atoms with Crippen LogP contribution in [-0.2, 0) is 4.79 Å². The van der Waals surface area contributed by atoms with Gasteiger partial charge in [-0.1, -0.05) is 12.1 Å². The molecule has 0 amide bonds. The Bertz CT molecular complexity index is 681. The SMILES string of the molecule is COc1cccc(C(CC(=O)O)NC(=S)Nc2ncccn2)c1. The maximum absolute atomic E-state index is 11.1. The molecule has 0 aliphatic heterocycles. The van der Waals surface area contributed by atoms with E-state index in [4.69, 9.17) is 22.1 Å². The van der Waals surface area contributed by atoms with Gasteiger partial charge in [0.25, 0.3) is 0 Å². The number of thiocarbonyl (C=S) groups is 1. The lowest BCUT2D eigenvalue weighted by molar-refractivity contribution is -0.137. The smallest absolute Gasteiger partial charge is 0.305 e. The number of nitrogens with zero attached hydrogens (tertiary/aromatic N) is 2. The van der Waals surface area contributed by atoms with Crippen LogP contribution in [0.2, 0.25) is 0 Å². The van der Waals surface area contributed by atoms with E-state index in [1.807, 2.05) is 6.07 Å². The third-order valence-electron chi connectivity index (χ3n) is 2.97. The Morgan fingerprint density at radius 2 is 2.09 bits per heavy atom. The molecular formula is C15H16N4O3S. The van der Waals surface area contributed by atoms with E-state index in [0.717, 1.165) is 5.56 Å². The van der Waals surface area contributed by atoms with Crippen LogP contribution in [0.3, 0.4) is 0 Å². The molecule has 0 saturated carbocycles. The van der Waals surface area contributed by atoms with Crippen LogP contribution in [0.4, 0.5) is 5.95 Å². The summed E-state index contributed by atoms with van der Waals surface area (Å²) in [6.45, 7) is 0. The molecule has 0 bridgehead atoms. The standard InChI is InChI=1S/C15H16N4O3S/c1-22-11-5-2-4-10(8-11)12(9-13(20)21)18-15(23)19-14-16-6-3-7-17-14/h2-8,12H,9H2,1H3,(H,20,21)(H2,16,17,18,19,23). The zero-order valence-corrected chi connectivity index (χ0v) is 13.2. The molecule has 1 unspecified atom stereocenters. The molecule has 0 saturated heterocycles. The van der Waals surface area contributed by atoms with Crippen LogP contribution >= 0.6 is 12.2 Å². The van der Waals surface area contributed by atoms with Gasteiger partial charge in [-0.15, -0.1) is 0 Å². The monoisotopic (exact) mass is 332 g/mol. The highest BCUT2D eigenvalue weighted by molar-refractivity contribution is 7.80. The third-order valence-corrected chi connectivity index (χ3v) is 3.19. The van der Waals surface area contributed by atoms with Crippen molar-refractivity contribution >= 4 is 29.2 Å². The lowest BCUT2D eigenvalue weighted by Gasteiger charge is -2.20. The van der Waals surface area contributed by atoms with Crippen LogP contribution in [0.5, 0.6) is 5.75 Å². The summed E-state index contributed by atoms with van der Waals surface area (Å²) in [7, 11) is 1.55. The summed E-state index contributed by atoms with van der Waals surface area (Å²) in [5.74, 6) is 0.0405. The number of aromatic nitrogens is 2. The predicted octanol–water partition coefficient (Wildman–Crippen LogP) is 1.99. The van der Waals surface area contributed by atoms with Gasteiger partial charge < -0.3 is 20.5 Å². The van der Waals surface area contributed by atoms with Gasteiger partial charge in [0.05, 0.1) is 19.6 Å². The van der Waals surface area contributed by atoms with Gasteiger partial charge in [0.1, 0.15) is 5.75 Å². The first-order valence-electron chi connectivity index (χ1n) is 6.79. The van der Waals surface area contributed by atoms with Gasteiger partial charge in [0, 0.05) is 12.4 Å². The average molecular weight is 332 g/mol. The van der Waals surface area contributed by atoms with Crippen LogP contribution in [0.15, 0.2) is 42.7 Å². The maximum atomic E-state index is 11.1. The van der Waals surface area contributed by atoms with Crippen LogP contribution in [0, 0.1) is 0 Å². The summed E-state index contributed by atoms with van der Waals surface area (Å²) in [6.07, 6.45) is 3.02. The topological polar surface area (TPSA) is 96.4 Å². The van der Waals surface area contributed by atoms with Crippen molar-refractivity contribution in [2.45, 2.75) is 12.5 Å². The summed E-state index contributed by atoms with van der Waals surface area (Å²) < 4.78 is 5.17. The Morgan fingerprint density at radius 3 is 2.74 bits per heavy atom. The van der Waals surface area contributed by atoms with Gasteiger partial charge in [-0.3, -0.25) is 4.79 Å². The Labute approximate surface area is 138 Å². The second kappa shape index (κ2) is 8.04. The molecule has 23 heavy (non-hydrogen) atoms. The first-order chi connectivity index (χ1) is 11.1. The Morgan fingerprint density at radius 1 is 1.35 bits per heavy atom. The van der Waals surface area contributed by atoms with Crippen molar-refractivity contribution in [1.29, 1.82) is 0 Å². The number of hydrogen-bond donors (Lipinski definition) is 3. The molecule has 0 aliphatic carbocycles. The summed E-state index contributed by atoms with van der Waals surface area (Å²) in [5, 5.41) is 15.1. The second-order valence-electron chi connectivity index (χ2n) is 4.60. The van der Waals surface area contributed by atoms with Crippen molar-refractivity contribution in [3.8, 4) is 5.75 Å². The summed E-state index contributed by atoms with van der Waals surface area (Å²) >= 11 is 5.20. The molecule has 1 heterocycles. The van der Waals surface area contributed by atoms with Crippen molar-refractivity contribution in [2.24, 2.45) is 0 Å². The largest absolute Gasteiger partial charge is 0.497 e. The molecular weight excluding hydrogens is 316 g/mol. The number of carbonyl (C=O) groups is 1. The van der Waals surface area contributed by atoms with Gasteiger partial charge in [-0.05, 0) is 36.0 Å². The van der Waals surface area contributed by atoms with E-state index in [-0.39, 0.29) is 11.5 Å². The highest BCUT2D eigenvalue weighted by atomic mass is 32.1. The van der Waals surface area contributed by atoms with Crippen molar-refractivity contribution in [3.63, 3.8) is 0 Å². The van der Waals surface area contributed by atoms with Crippen molar-refractivity contribution in [3.05, 3.63) is 48.3 Å². The fraction of sp³-hybridized carbons (Fsp3) is 0.200. The fourth-order valence-electron chi connectivity index (χ4n) is 1.94. The summed E-state index contributed by atoms with van der Waals surface area (Å²) in [4.78, 5) is 19.1. The lowest BCUT2D eigenvalue weighted by atomic mass is 10.0. The van der Waals surface area contributed by atoms with Gasteiger partial charge in [-0.2, -0.15) is 0 Å². The van der Waals surface area contributed by atoms with E-state index in [1.165, 1.54) is 0 Å². The van der Waals surface area contributed by atoms with E-state index in [1.54, 1.807) is 43.8 Å². The lowest BCUT2D eigenvalue weighted by Crippen LogP contribution is -2.34. The zero-order valence-electron chi connectivity index (χ0n) is 12.4. The highest BCUT2D eigenvalue weighted by Gasteiger charge is 2.17.